The Kier molecular flexibility index (Phi) is 7.15. The second-order valence-corrected chi connectivity index (χ2v) is 6.26. The van der Waals surface area contributed by atoms with Gasteiger partial charge in [-0.15, -0.1) is 0 Å². The summed E-state index contributed by atoms with van der Waals surface area (Å²) in [7, 11) is 1.29. The van der Waals surface area contributed by atoms with Gasteiger partial charge in [0.1, 0.15) is 17.4 Å². The van der Waals surface area contributed by atoms with Gasteiger partial charge in [-0.05, 0) is 61.0 Å². The maximum Gasteiger partial charge on any atom is 0.337 e. The van der Waals surface area contributed by atoms with Gasteiger partial charge in [-0.1, -0.05) is 15.9 Å². The van der Waals surface area contributed by atoms with Crippen LogP contribution < -0.4 is 10.1 Å². The molecule has 0 radical (unpaired) electrons. The average Bonchev–Trinajstić information content (AvgIpc) is 2.65. The summed E-state index contributed by atoms with van der Waals surface area (Å²) in [5, 5.41) is 12.0. The van der Waals surface area contributed by atoms with E-state index in [9.17, 15) is 14.9 Å². The van der Waals surface area contributed by atoms with Crippen molar-refractivity contribution < 1.29 is 19.1 Å². The highest BCUT2D eigenvalue weighted by Crippen LogP contribution is 2.23. The lowest BCUT2D eigenvalue weighted by molar-refractivity contribution is -0.112. The summed E-state index contributed by atoms with van der Waals surface area (Å²) in [6.07, 6.45) is 1.48. The van der Waals surface area contributed by atoms with Crippen LogP contribution in [-0.4, -0.2) is 25.6 Å². The third-order valence-electron chi connectivity index (χ3n) is 3.44. The van der Waals surface area contributed by atoms with Crippen molar-refractivity contribution in [3.05, 3.63) is 63.6 Å². The molecule has 2 rings (SSSR count). The molecule has 138 valence electrons. The van der Waals surface area contributed by atoms with Gasteiger partial charge >= 0.3 is 5.97 Å². The fourth-order valence-electron chi connectivity index (χ4n) is 2.24. The Morgan fingerprint density at radius 3 is 2.52 bits per heavy atom. The van der Waals surface area contributed by atoms with Crippen LogP contribution in [0, 0.1) is 11.3 Å². The first kappa shape index (κ1) is 20.2. The highest BCUT2D eigenvalue weighted by atomic mass is 79.9. The molecular weight excluding hydrogens is 412 g/mol. The van der Waals surface area contributed by atoms with Crippen LogP contribution in [0.15, 0.2) is 52.5 Å². The first-order chi connectivity index (χ1) is 13.0. The molecule has 0 fully saturated rings. The lowest BCUT2D eigenvalue weighted by Gasteiger charge is -2.07. The number of anilines is 1. The maximum absolute atomic E-state index is 12.4. The largest absolute Gasteiger partial charge is 0.494 e. The molecule has 0 saturated heterocycles. The van der Waals surface area contributed by atoms with Crippen LogP contribution in [0.1, 0.15) is 22.8 Å². The molecule has 1 amide bonds. The summed E-state index contributed by atoms with van der Waals surface area (Å²) in [5.41, 5.74) is 1.41. The Hall–Kier alpha value is -3.11. The number of nitriles is 1. The summed E-state index contributed by atoms with van der Waals surface area (Å²) in [4.78, 5) is 23.8. The van der Waals surface area contributed by atoms with E-state index in [1.807, 2.05) is 13.0 Å². The number of nitrogens with zero attached hydrogens (tertiary/aromatic N) is 1. The molecule has 0 aliphatic carbocycles. The Balaban J connectivity index is 2.19. The van der Waals surface area contributed by atoms with Crippen molar-refractivity contribution in [1.82, 2.24) is 0 Å². The SMILES string of the molecule is CCOc1cc(Br)cc(/C=C(\C#N)C(=O)Nc2ccc(C(=O)OC)cc2)c1. The van der Waals surface area contributed by atoms with Crippen molar-refractivity contribution in [2.24, 2.45) is 0 Å². The molecule has 0 atom stereocenters. The van der Waals surface area contributed by atoms with Gasteiger partial charge in [0.2, 0.25) is 0 Å². The van der Waals surface area contributed by atoms with Crippen LogP contribution in [0.5, 0.6) is 5.75 Å². The summed E-state index contributed by atoms with van der Waals surface area (Å²) in [6.45, 7) is 2.38. The molecule has 27 heavy (non-hydrogen) atoms. The number of hydrogen-bond donors (Lipinski definition) is 1. The van der Waals surface area contributed by atoms with Crippen LogP contribution in [-0.2, 0) is 9.53 Å². The maximum atomic E-state index is 12.4. The van der Waals surface area contributed by atoms with Gasteiger partial charge in [-0.2, -0.15) is 5.26 Å². The zero-order valence-electron chi connectivity index (χ0n) is 14.8. The molecule has 2 aromatic carbocycles. The Morgan fingerprint density at radius 1 is 1.22 bits per heavy atom. The minimum absolute atomic E-state index is 0.0624. The van der Waals surface area contributed by atoms with E-state index in [2.05, 4.69) is 26.0 Å². The number of benzene rings is 2. The van der Waals surface area contributed by atoms with Gasteiger partial charge in [0.25, 0.3) is 5.91 Å². The monoisotopic (exact) mass is 428 g/mol. The predicted molar refractivity (Wildman–Crippen MR) is 105 cm³/mol. The number of methoxy groups -OCH3 is 1. The zero-order valence-corrected chi connectivity index (χ0v) is 16.4. The summed E-state index contributed by atoms with van der Waals surface area (Å²) in [6, 6.07) is 13.4. The Morgan fingerprint density at radius 2 is 1.93 bits per heavy atom. The van der Waals surface area contributed by atoms with Crippen molar-refractivity contribution >= 4 is 39.6 Å². The highest BCUT2D eigenvalue weighted by Gasteiger charge is 2.11. The second kappa shape index (κ2) is 9.55. The number of hydrogen-bond acceptors (Lipinski definition) is 5. The van der Waals surface area contributed by atoms with Crippen molar-refractivity contribution in [1.29, 1.82) is 5.26 Å². The predicted octanol–water partition coefficient (Wildman–Crippen LogP) is 4.18. The van der Waals surface area contributed by atoms with Crippen molar-refractivity contribution in [2.45, 2.75) is 6.92 Å². The quantitative estimate of drug-likeness (QED) is 0.423. The first-order valence-electron chi connectivity index (χ1n) is 8.01. The van der Waals surface area contributed by atoms with Crippen LogP contribution in [0.4, 0.5) is 5.69 Å². The van der Waals surface area contributed by atoms with E-state index in [1.165, 1.54) is 25.3 Å². The Labute approximate surface area is 165 Å². The molecule has 0 unspecified atom stereocenters. The van der Waals surface area contributed by atoms with Crippen LogP contribution >= 0.6 is 15.9 Å². The molecule has 1 N–H and O–H groups in total. The Bertz CT molecular complexity index is 915. The molecule has 0 aliphatic heterocycles. The molecular formula is C20H17BrN2O4. The third-order valence-corrected chi connectivity index (χ3v) is 3.90. The smallest absolute Gasteiger partial charge is 0.337 e. The van der Waals surface area contributed by atoms with Gasteiger partial charge < -0.3 is 14.8 Å². The van der Waals surface area contributed by atoms with Crippen LogP contribution in [0.25, 0.3) is 6.08 Å². The van der Waals surface area contributed by atoms with E-state index in [4.69, 9.17) is 4.74 Å². The number of amides is 1. The van der Waals surface area contributed by atoms with Gasteiger partial charge in [0, 0.05) is 10.2 Å². The lowest BCUT2D eigenvalue weighted by atomic mass is 10.1. The van der Waals surface area contributed by atoms with E-state index >= 15 is 0 Å². The standard InChI is InChI=1S/C20H17BrN2O4/c1-3-27-18-10-13(9-16(21)11-18)8-15(12-22)19(24)23-17-6-4-14(5-7-17)20(25)26-2/h4-11H,3H2,1-2H3,(H,23,24)/b15-8+. The van der Waals surface area contributed by atoms with E-state index in [0.717, 1.165) is 4.47 Å². The lowest BCUT2D eigenvalue weighted by Crippen LogP contribution is -2.13. The summed E-state index contributed by atoms with van der Waals surface area (Å²) < 4.78 is 10.9. The van der Waals surface area contributed by atoms with E-state index in [0.29, 0.717) is 29.2 Å². The molecule has 0 bridgehead atoms. The molecule has 0 aliphatic rings. The van der Waals surface area contributed by atoms with E-state index in [1.54, 1.807) is 30.3 Å². The highest BCUT2D eigenvalue weighted by molar-refractivity contribution is 9.10. The molecule has 6 nitrogen and oxygen atoms in total. The fraction of sp³-hybridized carbons (Fsp3) is 0.150. The number of rotatable bonds is 6. The number of esters is 1. The first-order valence-corrected chi connectivity index (χ1v) is 8.81. The number of halogens is 1. The van der Waals surface area contributed by atoms with Crippen molar-refractivity contribution in [2.75, 3.05) is 19.0 Å². The summed E-state index contributed by atoms with van der Waals surface area (Å²) >= 11 is 3.38. The molecule has 2 aromatic rings. The normalized spacial score (nSPS) is 10.7. The van der Waals surface area contributed by atoms with Gasteiger partial charge in [0.15, 0.2) is 0 Å². The molecule has 0 heterocycles. The number of carbonyl (C=O) groups excluding carboxylic acids is 2. The molecule has 0 saturated carbocycles. The number of carbonyl (C=O) groups is 2. The van der Waals surface area contributed by atoms with Crippen molar-refractivity contribution in [3.8, 4) is 11.8 Å². The van der Waals surface area contributed by atoms with Crippen LogP contribution in [0.3, 0.4) is 0 Å². The fourth-order valence-corrected chi connectivity index (χ4v) is 2.73. The minimum Gasteiger partial charge on any atom is -0.494 e. The van der Waals surface area contributed by atoms with Gasteiger partial charge in [0.05, 0.1) is 19.3 Å². The average molecular weight is 429 g/mol. The second-order valence-electron chi connectivity index (χ2n) is 5.35. The van der Waals surface area contributed by atoms with E-state index in [-0.39, 0.29) is 5.57 Å². The van der Waals surface area contributed by atoms with Gasteiger partial charge in [-0.3, -0.25) is 4.79 Å². The van der Waals surface area contributed by atoms with E-state index < -0.39 is 11.9 Å². The number of nitrogens with one attached hydrogen (secondary N) is 1. The topological polar surface area (TPSA) is 88.4 Å². The van der Waals surface area contributed by atoms with Crippen LogP contribution in [0.2, 0.25) is 0 Å². The number of ether oxygens (including phenoxy) is 2. The minimum atomic E-state index is -0.554. The zero-order chi connectivity index (χ0) is 19.8. The molecule has 0 spiro atoms. The third kappa shape index (κ3) is 5.69. The van der Waals surface area contributed by atoms with Gasteiger partial charge in [-0.25, -0.2) is 4.79 Å². The molecule has 0 aromatic heterocycles. The van der Waals surface area contributed by atoms with Crippen molar-refractivity contribution in [3.63, 3.8) is 0 Å². The summed E-state index contributed by atoms with van der Waals surface area (Å²) in [5.74, 6) is -0.388. The molecule has 7 heteroatoms.